The summed E-state index contributed by atoms with van der Waals surface area (Å²) in [6.45, 7) is 13.2. The molecule has 0 saturated heterocycles. The van der Waals surface area contributed by atoms with Crippen LogP contribution in [0.3, 0.4) is 0 Å². The van der Waals surface area contributed by atoms with Crippen LogP contribution in [0, 0.1) is 27.7 Å². The average Bonchev–Trinajstić information content (AvgIpc) is 2.60. The third-order valence-electron chi connectivity index (χ3n) is 4.07. The van der Waals surface area contributed by atoms with Crippen molar-refractivity contribution in [2.45, 2.75) is 20.8 Å². The first-order chi connectivity index (χ1) is 12.1. The number of rotatable bonds is 3. The molecule has 3 aromatic carbocycles. The Hall–Kier alpha value is -1.35. The first-order valence-electron chi connectivity index (χ1n) is 8.47. The van der Waals surface area contributed by atoms with Crippen molar-refractivity contribution in [3.63, 3.8) is 0 Å². The topological polar surface area (TPSA) is 0 Å². The Morgan fingerprint density at radius 2 is 0.889 bits per heavy atom. The van der Waals surface area contributed by atoms with Gasteiger partial charge in [-0.25, -0.2) is 19.6 Å². The van der Waals surface area contributed by atoms with Gasteiger partial charge in [0.2, 0.25) is 0 Å². The molecule has 0 saturated carbocycles. The maximum absolute atomic E-state index is 3.25. The van der Waals surface area contributed by atoms with E-state index in [9.17, 15) is 0 Å². The van der Waals surface area contributed by atoms with Gasteiger partial charge >= 0.3 is 20.4 Å². The smallest absolute Gasteiger partial charge is 1.00 e. The fraction of sp³-hybridized carbons (Fsp3) is 0.125. The SMILES string of the molecule is C=C[CH2-].Cc1ccccc1P(c1ccccc1C)c1ccccc1C.[Cl-].[Pd+2]. The summed E-state index contributed by atoms with van der Waals surface area (Å²) in [4.78, 5) is 0. The largest absolute Gasteiger partial charge is 2.00 e. The van der Waals surface area contributed by atoms with E-state index in [2.05, 4.69) is 107 Å². The third kappa shape index (κ3) is 6.64. The van der Waals surface area contributed by atoms with Crippen molar-refractivity contribution >= 4 is 23.8 Å². The van der Waals surface area contributed by atoms with Crippen LogP contribution in [0.5, 0.6) is 0 Å². The van der Waals surface area contributed by atoms with Gasteiger partial charge in [0.1, 0.15) is 0 Å². The van der Waals surface area contributed by atoms with E-state index < -0.39 is 7.92 Å². The molecule has 3 aromatic rings. The number of halogens is 1. The van der Waals surface area contributed by atoms with E-state index in [-0.39, 0.29) is 32.8 Å². The minimum Gasteiger partial charge on any atom is -1.00 e. The number of aryl methyl sites for hydroxylation is 3. The molecule has 0 heterocycles. The zero-order valence-electron chi connectivity index (χ0n) is 16.1. The van der Waals surface area contributed by atoms with Crippen LogP contribution in [0.1, 0.15) is 16.7 Å². The monoisotopic (exact) mass is 486 g/mol. The first kappa shape index (κ1) is 25.7. The average molecular weight is 487 g/mol. The molecule has 0 aromatic heterocycles. The number of hydrogen-bond acceptors (Lipinski definition) is 0. The molecule has 0 aliphatic carbocycles. The summed E-state index contributed by atoms with van der Waals surface area (Å²) >= 11 is 0. The van der Waals surface area contributed by atoms with Gasteiger partial charge in [0.05, 0.1) is 0 Å². The molecule has 0 unspecified atom stereocenters. The Bertz CT molecular complexity index is 737. The summed E-state index contributed by atoms with van der Waals surface area (Å²) in [7, 11) is -0.508. The molecule has 0 bridgehead atoms. The minimum atomic E-state index is -0.508. The molecule has 0 aliphatic rings. The van der Waals surface area contributed by atoms with Crippen LogP contribution in [-0.2, 0) is 20.4 Å². The van der Waals surface area contributed by atoms with Gasteiger partial charge in [-0.15, -0.1) is 0 Å². The molecular formula is C24H26ClPPd. The van der Waals surface area contributed by atoms with Crippen LogP contribution in [0.4, 0.5) is 0 Å². The van der Waals surface area contributed by atoms with E-state index >= 15 is 0 Å². The molecular weight excluding hydrogens is 461 g/mol. The maximum Gasteiger partial charge on any atom is 2.00 e. The summed E-state index contributed by atoms with van der Waals surface area (Å²) in [5.41, 5.74) is 4.13. The summed E-state index contributed by atoms with van der Waals surface area (Å²) in [6.07, 6.45) is 1.50. The molecule has 0 aliphatic heterocycles. The Kier molecular flexibility index (Phi) is 12.3. The van der Waals surface area contributed by atoms with Crippen molar-refractivity contribution in [3.05, 3.63) is 109 Å². The Balaban J connectivity index is 0.00000127. The summed E-state index contributed by atoms with van der Waals surface area (Å²) in [5, 5.41) is 4.38. The van der Waals surface area contributed by atoms with Crippen LogP contribution >= 0.6 is 7.92 Å². The van der Waals surface area contributed by atoms with Crippen molar-refractivity contribution in [2.75, 3.05) is 0 Å². The second-order valence-electron chi connectivity index (χ2n) is 5.98. The van der Waals surface area contributed by atoms with Crippen molar-refractivity contribution in [2.24, 2.45) is 0 Å². The fourth-order valence-electron chi connectivity index (χ4n) is 2.83. The molecule has 0 atom stereocenters. The predicted molar refractivity (Wildman–Crippen MR) is 115 cm³/mol. The molecule has 3 heteroatoms. The molecule has 0 N–H and O–H groups in total. The zero-order chi connectivity index (χ0) is 18.2. The molecule has 0 fully saturated rings. The van der Waals surface area contributed by atoms with Gasteiger partial charge in [-0.05, 0) is 61.3 Å². The Labute approximate surface area is 185 Å². The van der Waals surface area contributed by atoms with Crippen LogP contribution in [0.2, 0.25) is 0 Å². The van der Waals surface area contributed by atoms with Crippen LogP contribution in [0.25, 0.3) is 0 Å². The second kappa shape index (κ2) is 12.9. The molecule has 0 nitrogen and oxygen atoms in total. The maximum atomic E-state index is 3.25. The van der Waals surface area contributed by atoms with Gasteiger partial charge in [0.25, 0.3) is 0 Å². The van der Waals surface area contributed by atoms with E-state index in [1.54, 1.807) is 0 Å². The van der Waals surface area contributed by atoms with Crippen molar-refractivity contribution in [1.29, 1.82) is 0 Å². The van der Waals surface area contributed by atoms with Gasteiger partial charge in [0, 0.05) is 0 Å². The van der Waals surface area contributed by atoms with Gasteiger partial charge in [-0.1, -0.05) is 72.8 Å². The molecule has 144 valence electrons. The van der Waals surface area contributed by atoms with Crippen molar-refractivity contribution in [3.8, 4) is 0 Å². The summed E-state index contributed by atoms with van der Waals surface area (Å²) in [6, 6.07) is 26.4. The quantitative estimate of drug-likeness (QED) is 0.303. The van der Waals surface area contributed by atoms with E-state index in [1.807, 2.05) is 0 Å². The van der Waals surface area contributed by atoms with E-state index in [1.165, 1.54) is 38.7 Å². The molecule has 0 amide bonds. The third-order valence-corrected chi connectivity index (χ3v) is 7.02. The molecule has 0 radical (unpaired) electrons. The number of allylic oxidation sites excluding steroid dienone is 1. The van der Waals surface area contributed by atoms with Crippen LogP contribution in [0.15, 0.2) is 85.5 Å². The normalized spacial score (nSPS) is 9.33. The zero-order valence-corrected chi connectivity index (χ0v) is 19.3. The molecule has 27 heavy (non-hydrogen) atoms. The Morgan fingerprint density at radius 1 is 0.667 bits per heavy atom. The summed E-state index contributed by atoms with van der Waals surface area (Å²) in [5.74, 6) is 0. The van der Waals surface area contributed by atoms with Crippen LogP contribution < -0.4 is 28.3 Å². The molecule has 0 spiro atoms. The molecule has 3 rings (SSSR count). The van der Waals surface area contributed by atoms with E-state index in [0.29, 0.717) is 0 Å². The van der Waals surface area contributed by atoms with Gasteiger partial charge in [0.15, 0.2) is 0 Å². The van der Waals surface area contributed by atoms with E-state index in [0.717, 1.165) is 0 Å². The minimum absolute atomic E-state index is 0. The summed E-state index contributed by atoms with van der Waals surface area (Å²) < 4.78 is 0. The standard InChI is InChI=1S/C21H21P.C3H5.ClH.Pd/c1-16-10-4-7-13-19(16)22(20-14-8-5-11-17(20)2)21-15-9-6-12-18(21)3;1-3-2;;/h4-15H,1-3H3;3H,1-2H2;1H;/q;-1;;+2/p-1. The Morgan fingerprint density at radius 3 is 1.11 bits per heavy atom. The van der Waals surface area contributed by atoms with Gasteiger partial charge < -0.3 is 12.4 Å². The van der Waals surface area contributed by atoms with Gasteiger partial charge in [-0.2, -0.15) is 0 Å². The fourth-order valence-corrected chi connectivity index (χ4v) is 5.60. The second-order valence-corrected chi connectivity index (χ2v) is 8.10. The van der Waals surface area contributed by atoms with Crippen molar-refractivity contribution < 1.29 is 32.8 Å². The first-order valence-corrected chi connectivity index (χ1v) is 9.81. The van der Waals surface area contributed by atoms with Crippen LogP contribution in [-0.4, -0.2) is 0 Å². The van der Waals surface area contributed by atoms with Gasteiger partial charge in [-0.3, -0.25) is 0 Å². The number of benzene rings is 3. The van der Waals surface area contributed by atoms with Crippen molar-refractivity contribution in [1.82, 2.24) is 0 Å². The van der Waals surface area contributed by atoms with E-state index in [4.69, 9.17) is 0 Å². The number of hydrogen-bond donors (Lipinski definition) is 0. The predicted octanol–water partition coefficient (Wildman–Crippen LogP) is 2.38.